The van der Waals surface area contributed by atoms with Crippen LogP contribution in [0.1, 0.15) is 11.7 Å². The van der Waals surface area contributed by atoms with Crippen molar-refractivity contribution < 1.29 is 14.6 Å². The van der Waals surface area contributed by atoms with Crippen LogP contribution in [0, 0.1) is 6.57 Å². The number of methoxy groups -OCH3 is 2. The number of aliphatic hydroxyl groups excluding tert-OH is 1. The van der Waals surface area contributed by atoms with Crippen LogP contribution in [0.15, 0.2) is 18.2 Å². The molecule has 1 rings (SSSR count). The highest BCUT2D eigenvalue weighted by atomic mass is 16.5. The highest BCUT2D eigenvalue weighted by Crippen LogP contribution is 2.29. The summed E-state index contributed by atoms with van der Waals surface area (Å²) in [5.41, 5.74) is 0.656. The average molecular weight is 207 g/mol. The molecule has 0 saturated carbocycles. The maximum atomic E-state index is 9.59. The zero-order chi connectivity index (χ0) is 11.3. The summed E-state index contributed by atoms with van der Waals surface area (Å²) in [6, 6.07) is 5.10. The minimum atomic E-state index is -0.776. The Labute approximate surface area is 88.9 Å². The van der Waals surface area contributed by atoms with Gasteiger partial charge < -0.3 is 19.4 Å². The molecular weight excluding hydrogens is 194 g/mol. The van der Waals surface area contributed by atoms with Crippen molar-refractivity contribution in [3.05, 3.63) is 35.2 Å². The van der Waals surface area contributed by atoms with Gasteiger partial charge in [0.1, 0.15) is 0 Å². The molecule has 0 aliphatic rings. The lowest BCUT2D eigenvalue weighted by Crippen LogP contribution is -2.01. The van der Waals surface area contributed by atoms with Crippen molar-refractivity contribution in [1.82, 2.24) is 0 Å². The lowest BCUT2D eigenvalue weighted by molar-refractivity contribution is 0.194. The lowest BCUT2D eigenvalue weighted by Gasteiger charge is -2.10. The van der Waals surface area contributed by atoms with Gasteiger partial charge in [-0.15, -0.1) is 0 Å². The highest BCUT2D eigenvalue weighted by molar-refractivity contribution is 5.43. The minimum Gasteiger partial charge on any atom is -0.493 e. The molecule has 0 heterocycles. The molecule has 15 heavy (non-hydrogen) atoms. The molecule has 1 aromatic carbocycles. The van der Waals surface area contributed by atoms with Crippen molar-refractivity contribution in [3.8, 4) is 11.5 Å². The molecule has 0 aliphatic carbocycles. The quantitative estimate of drug-likeness (QED) is 0.763. The molecule has 0 aliphatic heterocycles. The molecule has 0 spiro atoms. The summed E-state index contributed by atoms with van der Waals surface area (Å²) >= 11 is 0. The molecule has 0 radical (unpaired) electrons. The first-order valence-corrected chi connectivity index (χ1v) is 4.46. The van der Waals surface area contributed by atoms with Crippen molar-refractivity contribution in [1.29, 1.82) is 0 Å². The number of hydrogen-bond donors (Lipinski definition) is 1. The predicted octanol–water partition coefficient (Wildman–Crippen LogP) is 1.66. The van der Waals surface area contributed by atoms with Gasteiger partial charge in [-0.25, -0.2) is 6.57 Å². The van der Waals surface area contributed by atoms with Gasteiger partial charge in [0, 0.05) is 0 Å². The van der Waals surface area contributed by atoms with E-state index in [0.29, 0.717) is 17.1 Å². The lowest BCUT2D eigenvalue weighted by atomic mass is 10.1. The van der Waals surface area contributed by atoms with Gasteiger partial charge in [0.15, 0.2) is 17.6 Å². The van der Waals surface area contributed by atoms with Gasteiger partial charge in [-0.1, -0.05) is 6.07 Å². The molecule has 4 nitrogen and oxygen atoms in total. The summed E-state index contributed by atoms with van der Waals surface area (Å²) in [7, 11) is 3.08. The van der Waals surface area contributed by atoms with E-state index in [0.717, 1.165) is 0 Å². The second-order valence-corrected chi connectivity index (χ2v) is 2.97. The summed E-state index contributed by atoms with van der Waals surface area (Å²) in [5.74, 6) is 1.16. The summed E-state index contributed by atoms with van der Waals surface area (Å²) in [4.78, 5) is 3.14. The van der Waals surface area contributed by atoms with E-state index in [1.165, 1.54) is 7.11 Å². The summed E-state index contributed by atoms with van der Waals surface area (Å²) in [5, 5.41) is 9.59. The van der Waals surface area contributed by atoms with Crippen LogP contribution >= 0.6 is 0 Å². The number of hydrogen-bond acceptors (Lipinski definition) is 3. The molecule has 0 fully saturated rings. The van der Waals surface area contributed by atoms with Crippen molar-refractivity contribution in [2.45, 2.75) is 6.10 Å². The van der Waals surface area contributed by atoms with Crippen molar-refractivity contribution in [2.75, 3.05) is 20.8 Å². The largest absolute Gasteiger partial charge is 0.493 e. The first-order chi connectivity index (χ1) is 7.22. The van der Waals surface area contributed by atoms with Crippen molar-refractivity contribution in [3.63, 3.8) is 0 Å². The van der Waals surface area contributed by atoms with Gasteiger partial charge >= 0.3 is 0 Å². The van der Waals surface area contributed by atoms with E-state index in [1.807, 2.05) is 0 Å². The fourth-order valence-electron chi connectivity index (χ4n) is 1.25. The van der Waals surface area contributed by atoms with Gasteiger partial charge in [0.25, 0.3) is 0 Å². The molecule has 80 valence electrons. The van der Waals surface area contributed by atoms with Gasteiger partial charge in [0.05, 0.1) is 14.2 Å². The van der Waals surface area contributed by atoms with Crippen LogP contribution in [-0.2, 0) is 0 Å². The Morgan fingerprint density at radius 2 is 2.00 bits per heavy atom. The first-order valence-electron chi connectivity index (χ1n) is 4.46. The molecular formula is C11H13NO3. The third-order valence-corrected chi connectivity index (χ3v) is 2.06. The molecule has 0 saturated heterocycles. The normalized spacial score (nSPS) is 11.6. The number of rotatable bonds is 4. The van der Waals surface area contributed by atoms with E-state index in [-0.39, 0.29) is 6.54 Å². The van der Waals surface area contributed by atoms with E-state index < -0.39 is 6.10 Å². The van der Waals surface area contributed by atoms with E-state index in [9.17, 15) is 5.11 Å². The molecule has 0 amide bonds. The number of aliphatic hydroxyl groups is 1. The topological polar surface area (TPSA) is 43.0 Å². The predicted molar refractivity (Wildman–Crippen MR) is 56.0 cm³/mol. The Kier molecular flexibility index (Phi) is 3.95. The fourth-order valence-corrected chi connectivity index (χ4v) is 1.25. The van der Waals surface area contributed by atoms with Crippen LogP contribution in [0.4, 0.5) is 0 Å². The van der Waals surface area contributed by atoms with Crippen molar-refractivity contribution >= 4 is 0 Å². The monoisotopic (exact) mass is 207 g/mol. The second kappa shape index (κ2) is 5.23. The second-order valence-electron chi connectivity index (χ2n) is 2.97. The Balaban J connectivity index is 2.98. The summed E-state index contributed by atoms with van der Waals surface area (Å²) in [6.07, 6.45) is -0.776. The Morgan fingerprint density at radius 1 is 1.33 bits per heavy atom. The molecule has 1 N–H and O–H groups in total. The third kappa shape index (κ3) is 2.61. The van der Waals surface area contributed by atoms with Gasteiger partial charge in [-0.2, -0.15) is 0 Å². The highest BCUT2D eigenvalue weighted by Gasteiger charge is 2.13. The maximum absolute atomic E-state index is 9.59. The molecule has 0 bridgehead atoms. The molecule has 0 aromatic heterocycles. The van der Waals surface area contributed by atoms with Crippen LogP contribution in [0.5, 0.6) is 11.5 Å². The van der Waals surface area contributed by atoms with Crippen molar-refractivity contribution in [2.24, 2.45) is 0 Å². The van der Waals surface area contributed by atoms with E-state index in [4.69, 9.17) is 16.0 Å². The Morgan fingerprint density at radius 3 is 2.53 bits per heavy atom. The minimum absolute atomic E-state index is 0.0511. The zero-order valence-electron chi connectivity index (χ0n) is 8.73. The number of nitrogens with zero attached hydrogens (tertiary/aromatic N) is 1. The molecule has 1 unspecified atom stereocenters. The van der Waals surface area contributed by atoms with Crippen LogP contribution < -0.4 is 9.47 Å². The Bertz CT molecular complexity index is 371. The first kappa shape index (κ1) is 11.3. The summed E-state index contributed by atoms with van der Waals surface area (Å²) in [6.45, 7) is 6.72. The van der Waals surface area contributed by atoms with Gasteiger partial charge in [0.2, 0.25) is 6.54 Å². The number of benzene rings is 1. The average Bonchev–Trinajstić information content (AvgIpc) is 2.28. The SMILES string of the molecule is [C-]#[N+]CC(O)c1ccc(OC)c(OC)c1. The van der Waals surface area contributed by atoms with Gasteiger partial charge in [-0.05, 0) is 17.7 Å². The van der Waals surface area contributed by atoms with Crippen LogP contribution in [0.2, 0.25) is 0 Å². The van der Waals surface area contributed by atoms with E-state index in [1.54, 1.807) is 25.3 Å². The Hall–Kier alpha value is -1.73. The molecule has 1 aromatic rings. The molecule has 1 atom stereocenters. The molecule has 4 heteroatoms. The smallest absolute Gasteiger partial charge is 0.244 e. The van der Waals surface area contributed by atoms with Crippen LogP contribution in [0.3, 0.4) is 0 Å². The standard InChI is InChI=1S/C11H13NO3/c1-12-7-9(13)8-4-5-10(14-2)11(6-8)15-3/h4-6,9,13H,7H2,2-3H3. The van der Waals surface area contributed by atoms with E-state index in [2.05, 4.69) is 4.85 Å². The summed E-state index contributed by atoms with van der Waals surface area (Å²) < 4.78 is 10.2. The van der Waals surface area contributed by atoms with Crippen LogP contribution in [-0.4, -0.2) is 25.9 Å². The van der Waals surface area contributed by atoms with Gasteiger partial charge in [-0.3, -0.25) is 0 Å². The van der Waals surface area contributed by atoms with Crippen LogP contribution in [0.25, 0.3) is 4.85 Å². The maximum Gasteiger partial charge on any atom is 0.244 e. The number of ether oxygens (including phenoxy) is 2. The third-order valence-electron chi connectivity index (χ3n) is 2.06. The van der Waals surface area contributed by atoms with E-state index >= 15 is 0 Å². The zero-order valence-corrected chi connectivity index (χ0v) is 8.73. The fraction of sp³-hybridized carbons (Fsp3) is 0.364.